The first-order chi connectivity index (χ1) is 16.3. The van der Waals surface area contributed by atoms with Gasteiger partial charge < -0.3 is 15.0 Å². The molecule has 1 atom stereocenters. The first-order valence-electron chi connectivity index (χ1n) is 11.2. The van der Waals surface area contributed by atoms with E-state index in [4.69, 9.17) is 16.3 Å². The number of amides is 1. The van der Waals surface area contributed by atoms with Crippen molar-refractivity contribution in [3.8, 4) is 0 Å². The van der Waals surface area contributed by atoms with Gasteiger partial charge in [-0.2, -0.15) is 5.10 Å². The molecule has 1 aromatic carbocycles. The summed E-state index contributed by atoms with van der Waals surface area (Å²) in [5, 5.41) is 7.44. The maximum atomic E-state index is 13.8. The number of carbonyl (C=O) groups is 1. The molecule has 1 amide bonds. The van der Waals surface area contributed by atoms with Gasteiger partial charge >= 0.3 is 6.09 Å². The number of benzene rings is 1. The molecule has 7 nitrogen and oxygen atoms in total. The summed E-state index contributed by atoms with van der Waals surface area (Å²) in [6, 6.07) is 10.6. The first-order valence-corrected chi connectivity index (χ1v) is 11.8. The van der Waals surface area contributed by atoms with Crippen molar-refractivity contribution < 1.29 is 18.3 Å². The maximum Gasteiger partial charge on any atom is 0.408 e. The monoisotopic (exact) mass is 491 g/mol. The van der Waals surface area contributed by atoms with Gasteiger partial charge in [-0.25, -0.2) is 23.1 Å². The van der Waals surface area contributed by atoms with Crippen molar-refractivity contribution in [1.29, 1.82) is 0 Å². The number of nitrogens with one attached hydrogen (secondary N) is 1. The molecule has 34 heavy (non-hydrogen) atoms. The molecule has 2 aromatic heterocycles. The van der Waals surface area contributed by atoms with Crippen LogP contribution in [-0.2, 0) is 17.2 Å². The number of hydrogen-bond acceptors (Lipinski definition) is 5. The lowest BCUT2D eigenvalue weighted by Gasteiger charge is -2.33. The minimum atomic E-state index is -2.68. The Morgan fingerprint density at radius 3 is 2.65 bits per heavy atom. The second-order valence-corrected chi connectivity index (χ2v) is 9.12. The van der Waals surface area contributed by atoms with Gasteiger partial charge in [-0.05, 0) is 24.3 Å². The van der Waals surface area contributed by atoms with Crippen LogP contribution in [0, 0.1) is 5.92 Å². The van der Waals surface area contributed by atoms with Crippen molar-refractivity contribution in [2.24, 2.45) is 5.92 Å². The Morgan fingerprint density at radius 2 is 2.00 bits per heavy atom. The van der Waals surface area contributed by atoms with Gasteiger partial charge in [-0.3, -0.25) is 0 Å². The second kappa shape index (κ2) is 10.1. The zero-order valence-electron chi connectivity index (χ0n) is 19.2. The van der Waals surface area contributed by atoms with Crippen molar-refractivity contribution >= 4 is 29.0 Å². The smallest absolute Gasteiger partial charge is 0.408 e. The summed E-state index contributed by atoms with van der Waals surface area (Å²) < 4.78 is 34.7. The highest BCUT2D eigenvalue weighted by atomic mass is 35.5. The molecule has 0 saturated heterocycles. The number of aromatic nitrogens is 3. The van der Waals surface area contributed by atoms with E-state index in [1.165, 1.54) is 0 Å². The minimum absolute atomic E-state index is 0.111. The molecule has 4 rings (SSSR count). The lowest BCUT2D eigenvalue weighted by atomic mass is 9.81. The van der Waals surface area contributed by atoms with Crippen molar-refractivity contribution in [3.05, 3.63) is 59.5 Å². The molecule has 0 bridgehead atoms. The highest BCUT2D eigenvalue weighted by molar-refractivity contribution is 6.17. The second-order valence-electron chi connectivity index (χ2n) is 8.85. The van der Waals surface area contributed by atoms with E-state index in [1.807, 2.05) is 55.4 Å². The van der Waals surface area contributed by atoms with E-state index < -0.39 is 18.1 Å². The predicted molar refractivity (Wildman–Crippen MR) is 126 cm³/mol. The number of imidazole rings is 1. The van der Waals surface area contributed by atoms with Crippen LogP contribution in [0.5, 0.6) is 0 Å². The highest BCUT2D eigenvalue weighted by Gasteiger charge is 2.39. The molecule has 2 heterocycles. The van der Waals surface area contributed by atoms with Crippen LogP contribution in [0.2, 0.25) is 0 Å². The number of alkyl halides is 3. The Hall–Kier alpha value is -2.94. The molecule has 0 aliphatic heterocycles. The molecular formula is C24H28ClF2N5O2. The van der Waals surface area contributed by atoms with E-state index in [2.05, 4.69) is 15.4 Å². The van der Waals surface area contributed by atoms with Crippen molar-refractivity contribution in [2.75, 3.05) is 19.0 Å². The van der Waals surface area contributed by atoms with Crippen LogP contribution in [0.25, 0.3) is 5.65 Å². The predicted octanol–water partition coefficient (Wildman–Crippen LogP) is 5.33. The van der Waals surface area contributed by atoms with E-state index in [-0.39, 0.29) is 44.1 Å². The highest BCUT2D eigenvalue weighted by Crippen LogP contribution is 2.41. The summed E-state index contributed by atoms with van der Waals surface area (Å²) in [7, 11) is 3.78. The number of halogens is 3. The van der Waals surface area contributed by atoms with Gasteiger partial charge in [0, 0.05) is 33.0 Å². The number of ether oxygens (including phenoxy) is 1. The molecule has 1 fully saturated rings. The van der Waals surface area contributed by atoms with Crippen LogP contribution in [0.4, 0.5) is 19.3 Å². The fourth-order valence-corrected chi connectivity index (χ4v) is 4.51. The number of fused-ring (bicyclic) bond motifs is 1. The number of anilines is 1. The third-order valence-corrected chi connectivity index (χ3v) is 6.42. The first kappa shape index (κ1) is 24.2. The number of carbonyl (C=O) groups excluding carboxylic acids is 1. The quantitative estimate of drug-likeness (QED) is 0.452. The van der Waals surface area contributed by atoms with Gasteiger partial charge in [0.2, 0.25) is 5.92 Å². The molecule has 3 aromatic rings. The Kier molecular flexibility index (Phi) is 7.21. The summed E-state index contributed by atoms with van der Waals surface area (Å²) >= 11 is 6.08. The fourth-order valence-electron chi connectivity index (χ4n) is 4.32. The molecule has 1 aliphatic carbocycles. The lowest BCUT2D eigenvalue weighted by molar-refractivity contribution is -0.0497. The number of nitrogens with zero attached hydrogens (tertiary/aromatic N) is 4. The topological polar surface area (TPSA) is 71.8 Å². The van der Waals surface area contributed by atoms with E-state index in [0.717, 1.165) is 11.3 Å². The summed E-state index contributed by atoms with van der Waals surface area (Å²) in [5.41, 5.74) is 3.51. The average Bonchev–Trinajstić information content (AvgIpc) is 3.24. The normalized spacial score (nSPS) is 16.9. The fraction of sp³-hybridized carbons (Fsp3) is 0.458. The number of alkyl carbamates (subject to hydrolysis) is 1. The van der Waals surface area contributed by atoms with Crippen LogP contribution in [0.1, 0.15) is 48.7 Å². The molecule has 1 saturated carbocycles. The molecule has 0 radical (unpaired) electrons. The van der Waals surface area contributed by atoms with Crippen molar-refractivity contribution in [2.45, 2.75) is 50.1 Å². The lowest BCUT2D eigenvalue weighted by Crippen LogP contribution is -2.37. The van der Waals surface area contributed by atoms with Gasteiger partial charge in [0.25, 0.3) is 0 Å². The third-order valence-electron chi connectivity index (χ3n) is 6.17. The summed E-state index contributed by atoms with van der Waals surface area (Å²) in [4.78, 5) is 19.3. The Labute approximate surface area is 202 Å². The molecule has 0 spiro atoms. The third kappa shape index (κ3) is 5.58. The van der Waals surface area contributed by atoms with Gasteiger partial charge in [0.15, 0.2) is 5.65 Å². The van der Waals surface area contributed by atoms with Crippen LogP contribution in [0.3, 0.4) is 0 Å². The molecule has 0 unspecified atom stereocenters. The van der Waals surface area contributed by atoms with Crippen LogP contribution in [-0.4, -0.2) is 40.7 Å². The van der Waals surface area contributed by atoms with E-state index in [0.29, 0.717) is 17.0 Å². The van der Waals surface area contributed by atoms with E-state index >= 15 is 0 Å². The molecule has 1 aliphatic rings. The number of hydrogen-bond donors (Lipinski definition) is 1. The van der Waals surface area contributed by atoms with Gasteiger partial charge in [0.1, 0.15) is 6.61 Å². The van der Waals surface area contributed by atoms with Crippen LogP contribution >= 0.6 is 11.6 Å². The van der Waals surface area contributed by atoms with Gasteiger partial charge in [-0.15, -0.1) is 11.6 Å². The van der Waals surface area contributed by atoms with E-state index in [9.17, 15) is 13.6 Å². The Balaban J connectivity index is 1.59. The molecule has 1 N–H and O–H groups in total. The maximum absolute atomic E-state index is 13.8. The summed E-state index contributed by atoms with van der Waals surface area (Å²) in [6.07, 6.45) is 1.21. The number of rotatable bonds is 7. The molecule has 10 heteroatoms. The van der Waals surface area contributed by atoms with E-state index in [1.54, 1.807) is 10.7 Å². The largest absolute Gasteiger partial charge is 0.445 e. The molecule has 182 valence electrons. The zero-order valence-corrected chi connectivity index (χ0v) is 19.9. The zero-order chi connectivity index (χ0) is 24.3. The van der Waals surface area contributed by atoms with Crippen molar-refractivity contribution in [3.63, 3.8) is 0 Å². The average molecular weight is 492 g/mol. The Bertz CT molecular complexity index is 1130. The standard InChI is InChI=1S/C24H28ClF2N5O2/c1-31(2)20-12-21-28-19(14-32(21)30-18(20)13-25)22(17-8-10-24(26,27)11-9-17)29-23(33)34-15-16-6-4-3-5-7-16/h3-7,12,14,17,22H,8-11,13,15H2,1-2H3,(H,29,33)/t22-/m0/s1. The van der Waals surface area contributed by atoms with Crippen LogP contribution < -0.4 is 10.2 Å². The minimum Gasteiger partial charge on any atom is -0.445 e. The molecular weight excluding hydrogens is 464 g/mol. The van der Waals surface area contributed by atoms with Gasteiger partial charge in [0.05, 0.1) is 35.2 Å². The van der Waals surface area contributed by atoms with Crippen LogP contribution in [0.15, 0.2) is 42.6 Å². The Morgan fingerprint density at radius 1 is 1.29 bits per heavy atom. The van der Waals surface area contributed by atoms with Crippen molar-refractivity contribution in [1.82, 2.24) is 19.9 Å². The van der Waals surface area contributed by atoms with Gasteiger partial charge in [-0.1, -0.05) is 30.3 Å². The summed E-state index contributed by atoms with van der Waals surface area (Å²) in [5.74, 6) is -2.65. The SMILES string of the molecule is CN(C)c1cc2nc([C@@H](NC(=O)OCc3ccccc3)C3CCC(F)(F)CC3)cn2nc1CCl. The summed E-state index contributed by atoms with van der Waals surface area (Å²) in [6.45, 7) is 0.111.